The second-order valence-electron chi connectivity index (χ2n) is 7.41. The van der Waals surface area contributed by atoms with E-state index < -0.39 is 0 Å². The molecule has 2 aliphatic rings. The third-order valence-electron chi connectivity index (χ3n) is 5.60. The van der Waals surface area contributed by atoms with E-state index in [0.29, 0.717) is 19.1 Å². The van der Waals surface area contributed by atoms with Crippen LogP contribution in [0.1, 0.15) is 24.8 Å². The SMILES string of the molecule is CN=C(NCC1(c2cccc(F)c2)CCOCC1)N(C)CC1CCOC1. The molecular formula is C20H30FN3O2. The zero-order chi connectivity index (χ0) is 18.4. The minimum atomic E-state index is -0.184. The van der Waals surface area contributed by atoms with Gasteiger partial charge in [0.1, 0.15) is 5.82 Å². The van der Waals surface area contributed by atoms with Crippen LogP contribution in [-0.4, -0.2) is 64.5 Å². The van der Waals surface area contributed by atoms with Gasteiger partial charge >= 0.3 is 0 Å². The maximum atomic E-state index is 13.8. The van der Waals surface area contributed by atoms with Gasteiger partial charge in [-0.3, -0.25) is 4.99 Å². The molecule has 144 valence electrons. The van der Waals surface area contributed by atoms with Crippen LogP contribution in [0.15, 0.2) is 29.3 Å². The quantitative estimate of drug-likeness (QED) is 0.645. The summed E-state index contributed by atoms with van der Waals surface area (Å²) in [5.74, 6) is 1.24. The molecule has 1 aromatic rings. The second kappa shape index (κ2) is 8.82. The highest BCUT2D eigenvalue weighted by Crippen LogP contribution is 2.34. The zero-order valence-electron chi connectivity index (χ0n) is 15.8. The van der Waals surface area contributed by atoms with Crippen LogP contribution in [0.2, 0.25) is 0 Å². The van der Waals surface area contributed by atoms with Gasteiger partial charge in [0.15, 0.2) is 5.96 Å². The zero-order valence-corrected chi connectivity index (χ0v) is 15.8. The Morgan fingerprint density at radius 2 is 2.12 bits per heavy atom. The van der Waals surface area contributed by atoms with Crippen molar-refractivity contribution in [3.8, 4) is 0 Å². The number of rotatable bonds is 5. The van der Waals surface area contributed by atoms with Crippen molar-refractivity contribution in [1.82, 2.24) is 10.2 Å². The maximum absolute atomic E-state index is 13.8. The number of hydrogen-bond donors (Lipinski definition) is 1. The number of guanidine groups is 1. The Balaban J connectivity index is 1.68. The van der Waals surface area contributed by atoms with Crippen LogP contribution in [0.4, 0.5) is 4.39 Å². The predicted octanol–water partition coefficient (Wildman–Crippen LogP) is 2.42. The minimum absolute atomic E-state index is 0.131. The van der Waals surface area contributed by atoms with Crippen molar-refractivity contribution in [1.29, 1.82) is 0 Å². The molecule has 2 fully saturated rings. The Morgan fingerprint density at radius 3 is 2.77 bits per heavy atom. The van der Waals surface area contributed by atoms with Crippen molar-refractivity contribution in [2.45, 2.75) is 24.7 Å². The summed E-state index contributed by atoms with van der Waals surface area (Å²) in [6, 6.07) is 6.98. The van der Waals surface area contributed by atoms with Gasteiger partial charge in [0.05, 0.1) is 6.61 Å². The molecule has 26 heavy (non-hydrogen) atoms. The van der Waals surface area contributed by atoms with Crippen LogP contribution < -0.4 is 5.32 Å². The van der Waals surface area contributed by atoms with Crippen LogP contribution in [0, 0.1) is 11.7 Å². The Hall–Kier alpha value is -1.66. The highest BCUT2D eigenvalue weighted by atomic mass is 19.1. The maximum Gasteiger partial charge on any atom is 0.193 e. The van der Waals surface area contributed by atoms with E-state index in [1.807, 2.05) is 13.1 Å². The molecule has 1 atom stereocenters. The van der Waals surface area contributed by atoms with Crippen molar-refractivity contribution in [2.24, 2.45) is 10.9 Å². The molecule has 2 saturated heterocycles. The number of ether oxygens (including phenoxy) is 2. The lowest BCUT2D eigenvalue weighted by Gasteiger charge is -2.39. The molecule has 5 nitrogen and oxygen atoms in total. The fraction of sp³-hybridized carbons (Fsp3) is 0.650. The van der Waals surface area contributed by atoms with E-state index in [1.54, 1.807) is 12.1 Å². The molecule has 0 radical (unpaired) electrons. The average molecular weight is 363 g/mol. The molecule has 0 aliphatic carbocycles. The highest BCUT2D eigenvalue weighted by Gasteiger charge is 2.35. The molecule has 0 aromatic heterocycles. The summed E-state index contributed by atoms with van der Waals surface area (Å²) in [5.41, 5.74) is 0.906. The topological polar surface area (TPSA) is 46.1 Å². The minimum Gasteiger partial charge on any atom is -0.381 e. The fourth-order valence-corrected chi connectivity index (χ4v) is 3.98. The summed E-state index contributed by atoms with van der Waals surface area (Å²) in [6.07, 6.45) is 2.85. The Bertz CT molecular complexity index is 611. The van der Waals surface area contributed by atoms with Crippen molar-refractivity contribution < 1.29 is 13.9 Å². The molecule has 3 rings (SSSR count). The Morgan fingerprint density at radius 1 is 1.31 bits per heavy atom. The van der Waals surface area contributed by atoms with Gasteiger partial charge in [-0.25, -0.2) is 4.39 Å². The standard InChI is InChI=1S/C20H30FN3O2/c1-22-19(24(2)13-16-6-9-26-14-16)23-15-20(7-10-25-11-8-20)17-4-3-5-18(21)12-17/h3-5,12,16H,6-11,13-15H2,1-2H3,(H,22,23). The van der Waals surface area contributed by atoms with Crippen LogP contribution in [0.25, 0.3) is 0 Å². The summed E-state index contributed by atoms with van der Waals surface area (Å²) in [5, 5.41) is 3.53. The second-order valence-corrected chi connectivity index (χ2v) is 7.41. The van der Waals surface area contributed by atoms with E-state index >= 15 is 0 Å². The molecule has 0 saturated carbocycles. The summed E-state index contributed by atoms with van der Waals surface area (Å²) in [6.45, 7) is 4.73. The van der Waals surface area contributed by atoms with E-state index in [0.717, 1.165) is 57.1 Å². The first-order chi connectivity index (χ1) is 12.6. The monoisotopic (exact) mass is 363 g/mol. The van der Waals surface area contributed by atoms with Gasteiger partial charge in [-0.15, -0.1) is 0 Å². The highest BCUT2D eigenvalue weighted by molar-refractivity contribution is 5.79. The number of nitrogens with one attached hydrogen (secondary N) is 1. The summed E-state index contributed by atoms with van der Waals surface area (Å²) in [4.78, 5) is 6.61. The van der Waals surface area contributed by atoms with Crippen molar-refractivity contribution in [3.63, 3.8) is 0 Å². The number of benzene rings is 1. The summed E-state index contributed by atoms with van der Waals surface area (Å²) >= 11 is 0. The summed E-state index contributed by atoms with van der Waals surface area (Å²) in [7, 11) is 3.87. The van der Waals surface area contributed by atoms with Gasteiger partial charge in [-0.05, 0) is 37.0 Å². The van der Waals surface area contributed by atoms with Gasteiger partial charge in [-0.2, -0.15) is 0 Å². The van der Waals surface area contributed by atoms with Crippen molar-refractivity contribution >= 4 is 5.96 Å². The van der Waals surface area contributed by atoms with Crippen LogP contribution in [-0.2, 0) is 14.9 Å². The Kier molecular flexibility index (Phi) is 6.48. The van der Waals surface area contributed by atoms with Crippen LogP contribution in [0.3, 0.4) is 0 Å². The van der Waals surface area contributed by atoms with Gasteiger partial charge < -0.3 is 19.7 Å². The third-order valence-corrected chi connectivity index (χ3v) is 5.60. The molecule has 2 aliphatic heterocycles. The lowest BCUT2D eigenvalue weighted by molar-refractivity contribution is 0.0511. The predicted molar refractivity (Wildman–Crippen MR) is 101 cm³/mol. The number of hydrogen-bond acceptors (Lipinski definition) is 3. The molecule has 6 heteroatoms. The van der Waals surface area contributed by atoms with Crippen molar-refractivity contribution in [3.05, 3.63) is 35.6 Å². The molecular weight excluding hydrogens is 333 g/mol. The first-order valence-corrected chi connectivity index (χ1v) is 9.46. The molecule has 1 aromatic carbocycles. The van der Waals surface area contributed by atoms with Crippen LogP contribution in [0.5, 0.6) is 0 Å². The van der Waals surface area contributed by atoms with Crippen LogP contribution >= 0.6 is 0 Å². The van der Waals surface area contributed by atoms with E-state index in [1.165, 1.54) is 6.07 Å². The Labute approximate surface area is 155 Å². The first-order valence-electron chi connectivity index (χ1n) is 9.46. The van der Waals surface area contributed by atoms with Gasteiger partial charge in [-0.1, -0.05) is 12.1 Å². The van der Waals surface area contributed by atoms with E-state index in [2.05, 4.69) is 22.3 Å². The molecule has 1 unspecified atom stereocenters. The smallest absolute Gasteiger partial charge is 0.193 e. The first kappa shape index (κ1) is 19.1. The number of nitrogens with zero attached hydrogens (tertiary/aromatic N) is 2. The van der Waals surface area contributed by atoms with Gasteiger partial charge in [0, 0.05) is 58.3 Å². The van der Waals surface area contributed by atoms with Crippen molar-refractivity contribution in [2.75, 3.05) is 53.6 Å². The van der Waals surface area contributed by atoms with E-state index in [-0.39, 0.29) is 11.2 Å². The molecule has 2 heterocycles. The molecule has 0 amide bonds. The van der Waals surface area contributed by atoms with E-state index in [4.69, 9.17) is 9.47 Å². The molecule has 0 spiro atoms. The number of halogens is 1. The molecule has 0 bridgehead atoms. The largest absolute Gasteiger partial charge is 0.381 e. The summed E-state index contributed by atoms with van der Waals surface area (Å²) < 4.78 is 24.9. The molecule has 1 N–H and O–H groups in total. The average Bonchev–Trinajstić information content (AvgIpc) is 3.16. The fourth-order valence-electron chi connectivity index (χ4n) is 3.98. The third kappa shape index (κ3) is 4.54. The number of aliphatic imine (C=N–C) groups is 1. The normalized spacial score (nSPS) is 23.0. The lowest BCUT2D eigenvalue weighted by atomic mass is 9.74. The van der Waals surface area contributed by atoms with Gasteiger partial charge in [0.2, 0.25) is 0 Å². The van der Waals surface area contributed by atoms with E-state index in [9.17, 15) is 4.39 Å². The van der Waals surface area contributed by atoms with Gasteiger partial charge in [0.25, 0.3) is 0 Å². The lowest BCUT2D eigenvalue weighted by Crippen LogP contribution is -2.49.